The molecule has 3 rings (SSSR count). The molecule has 1 N–H and O–H groups in total. The Balaban J connectivity index is 2.06. The lowest BCUT2D eigenvalue weighted by atomic mass is 10.2. The van der Waals surface area contributed by atoms with Crippen molar-refractivity contribution >= 4 is 23.0 Å². The maximum atomic E-state index is 12.5. The summed E-state index contributed by atoms with van der Waals surface area (Å²) in [4.78, 5) is 27.3. The minimum Gasteiger partial charge on any atom is -0.329 e. The van der Waals surface area contributed by atoms with Crippen molar-refractivity contribution in [3.8, 4) is 0 Å². The summed E-state index contributed by atoms with van der Waals surface area (Å²) in [6.45, 7) is 0.466. The number of nitrogens with one attached hydrogen (secondary N) is 1. The SMILES string of the molecule is O=CNc1ccc2ncn(Cc3ccccc3)c(=O)c2c1. The Morgan fingerprint density at radius 3 is 2.71 bits per heavy atom. The minimum atomic E-state index is -0.126. The summed E-state index contributed by atoms with van der Waals surface area (Å²) >= 11 is 0. The molecular weight excluding hydrogens is 266 g/mol. The lowest BCUT2D eigenvalue weighted by Gasteiger charge is -2.07. The van der Waals surface area contributed by atoms with Crippen LogP contribution in [0.3, 0.4) is 0 Å². The number of nitrogens with zero attached hydrogens (tertiary/aromatic N) is 2. The van der Waals surface area contributed by atoms with Crippen LogP contribution in [0.2, 0.25) is 0 Å². The summed E-state index contributed by atoms with van der Waals surface area (Å²) in [5.74, 6) is 0. The highest BCUT2D eigenvalue weighted by atomic mass is 16.1. The van der Waals surface area contributed by atoms with Crippen LogP contribution < -0.4 is 10.9 Å². The third kappa shape index (κ3) is 2.67. The Kier molecular flexibility index (Phi) is 3.47. The summed E-state index contributed by atoms with van der Waals surface area (Å²) in [6.07, 6.45) is 2.13. The van der Waals surface area contributed by atoms with Gasteiger partial charge in [-0.05, 0) is 23.8 Å². The average Bonchev–Trinajstić information content (AvgIpc) is 2.52. The van der Waals surface area contributed by atoms with E-state index in [9.17, 15) is 9.59 Å². The quantitative estimate of drug-likeness (QED) is 0.743. The number of hydrogen-bond acceptors (Lipinski definition) is 3. The average molecular weight is 279 g/mol. The van der Waals surface area contributed by atoms with Crippen LogP contribution in [0.4, 0.5) is 5.69 Å². The predicted octanol–water partition coefficient (Wildman–Crippen LogP) is 2.01. The minimum absolute atomic E-state index is 0.126. The van der Waals surface area contributed by atoms with E-state index < -0.39 is 0 Å². The van der Waals surface area contributed by atoms with Gasteiger partial charge in [-0.3, -0.25) is 14.2 Å². The number of anilines is 1. The summed E-state index contributed by atoms with van der Waals surface area (Å²) < 4.78 is 1.56. The molecule has 0 bridgehead atoms. The first-order valence-corrected chi connectivity index (χ1v) is 6.51. The Bertz CT molecular complexity index is 841. The summed E-state index contributed by atoms with van der Waals surface area (Å²) in [5.41, 5.74) is 2.09. The van der Waals surface area contributed by atoms with Crippen LogP contribution in [0, 0.1) is 0 Å². The van der Waals surface area contributed by atoms with E-state index in [1.165, 1.54) is 0 Å². The van der Waals surface area contributed by atoms with Crippen molar-refractivity contribution in [2.24, 2.45) is 0 Å². The van der Waals surface area contributed by atoms with Gasteiger partial charge in [0, 0.05) is 5.69 Å². The molecule has 1 heterocycles. The van der Waals surface area contributed by atoms with E-state index in [2.05, 4.69) is 10.3 Å². The fourth-order valence-electron chi connectivity index (χ4n) is 2.21. The first kappa shape index (κ1) is 13.1. The molecule has 1 amide bonds. The highest BCUT2D eigenvalue weighted by Gasteiger charge is 2.05. The van der Waals surface area contributed by atoms with Gasteiger partial charge in [0.15, 0.2) is 0 Å². The molecular formula is C16H13N3O2. The monoisotopic (exact) mass is 279 g/mol. The van der Waals surface area contributed by atoms with Gasteiger partial charge < -0.3 is 5.32 Å². The molecule has 0 saturated carbocycles. The molecule has 0 radical (unpaired) electrons. The highest BCUT2D eigenvalue weighted by Crippen LogP contribution is 2.14. The lowest BCUT2D eigenvalue weighted by Crippen LogP contribution is -2.21. The normalized spacial score (nSPS) is 10.5. The van der Waals surface area contributed by atoms with Gasteiger partial charge in [0.2, 0.25) is 6.41 Å². The van der Waals surface area contributed by atoms with Gasteiger partial charge in [0.05, 0.1) is 23.8 Å². The Labute approximate surface area is 120 Å². The molecule has 0 spiro atoms. The van der Waals surface area contributed by atoms with Crippen molar-refractivity contribution in [2.75, 3.05) is 5.32 Å². The molecule has 21 heavy (non-hydrogen) atoms. The number of carbonyl (C=O) groups excluding carboxylic acids is 1. The molecule has 0 aliphatic heterocycles. The zero-order chi connectivity index (χ0) is 14.7. The first-order valence-electron chi connectivity index (χ1n) is 6.51. The fraction of sp³-hybridized carbons (Fsp3) is 0.0625. The van der Waals surface area contributed by atoms with Crippen LogP contribution in [0.5, 0.6) is 0 Å². The number of amides is 1. The standard InChI is InChI=1S/C16H13N3O2/c20-11-18-13-6-7-15-14(8-13)16(21)19(10-17-15)9-12-4-2-1-3-5-12/h1-8,10-11H,9H2,(H,18,20). The second-order valence-electron chi connectivity index (χ2n) is 4.66. The van der Waals surface area contributed by atoms with E-state index in [0.29, 0.717) is 29.5 Å². The molecule has 5 nitrogen and oxygen atoms in total. The lowest BCUT2D eigenvalue weighted by molar-refractivity contribution is -0.105. The highest BCUT2D eigenvalue weighted by molar-refractivity contribution is 5.84. The molecule has 0 aliphatic carbocycles. The molecule has 0 unspecified atom stereocenters. The Morgan fingerprint density at radius 2 is 1.95 bits per heavy atom. The number of fused-ring (bicyclic) bond motifs is 1. The maximum absolute atomic E-state index is 12.5. The second kappa shape index (κ2) is 5.58. The number of benzene rings is 2. The van der Waals surface area contributed by atoms with Gasteiger partial charge in [0.25, 0.3) is 5.56 Å². The smallest absolute Gasteiger partial charge is 0.261 e. The van der Waals surface area contributed by atoms with E-state index >= 15 is 0 Å². The third-order valence-electron chi connectivity index (χ3n) is 3.25. The first-order chi connectivity index (χ1) is 10.3. The van der Waals surface area contributed by atoms with Crippen molar-refractivity contribution in [2.45, 2.75) is 6.54 Å². The van der Waals surface area contributed by atoms with Crippen LogP contribution in [0.1, 0.15) is 5.56 Å². The molecule has 3 aromatic rings. The Morgan fingerprint density at radius 1 is 1.14 bits per heavy atom. The summed E-state index contributed by atoms with van der Waals surface area (Å²) in [5, 5.41) is 3.03. The van der Waals surface area contributed by atoms with E-state index in [1.807, 2.05) is 30.3 Å². The van der Waals surface area contributed by atoms with Gasteiger partial charge in [-0.2, -0.15) is 0 Å². The van der Waals surface area contributed by atoms with Gasteiger partial charge >= 0.3 is 0 Å². The van der Waals surface area contributed by atoms with E-state index in [0.717, 1.165) is 5.56 Å². The molecule has 0 saturated heterocycles. The van der Waals surface area contributed by atoms with E-state index in [-0.39, 0.29) is 5.56 Å². The van der Waals surface area contributed by atoms with Gasteiger partial charge in [-0.1, -0.05) is 30.3 Å². The van der Waals surface area contributed by atoms with Gasteiger partial charge in [-0.15, -0.1) is 0 Å². The molecule has 0 aliphatic rings. The van der Waals surface area contributed by atoms with Crippen LogP contribution in [0.25, 0.3) is 10.9 Å². The number of rotatable bonds is 4. The van der Waals surface area contributed by atoms with E-state index in [4.69, 9.17) is 0 Å². The maximum Gasteiger partial charge on any atom is 0.261 e. The second-order valence-corrected chi connectivity index (χ2v) is 4.66. The number of hydrogen-bond donors (Lipinski definition) is 1. The fourth-order valence-corrected chi connectivity index (χ4v) is 2.21. The zero-order valence-corrected chi connectivity index (χ0v) is 11.2. The zero-order valence-electron chi connectivity index (χ0n) is 11.2. The van der Waals surface area contributed by atoms with Crippen molar-refractivity contribution in [3.05, 3.63) is 70.8 Å². The van der Waals surface area contributed by atoms with Gasteiger partial charge in [-0.25, -0.2) is 4.98 Å². The molecule has 2 aromatic carbocycles. The van der Waals surface area contributed by atoms with Crippen molar-refractivity contribution < 1.29 is 4.79 Å². The molecule has 0 atom stereocenters. The van der Waals surface area contributed by atoms with Crippen LogP contribution >= 0.6 is 0 Å². The third-order valence-corrected chi connectivity index (χ3v) is 3.25. The molecule has 104 valence electrons. The summed E-state index contributed by atoms with van der Waals surface area (Å²) in [6, 6.07) is 14.8. The predicted molar refractivity (Wildman–Crippen MR) is 81.2 cm³/mol. The Hall–Kier alpha value is -2.95. The largest absolute Gasteiger partial charge is 0.329 e. The van der Waals surface area contributed by atoms with E-state index in [1.54, 1.807) is 29.1 Å². The number of aromatic nitrogens is 2. The topological polar surface area (TPSA) is 64.0 Å². The van der Waals surface area contributed by atoms with Gasteiger partial charge in [0.1, 0.15) is 0 Å². The van der Waals surface area contributed by atoms with Crippen molar-refractivity contribution in [1.82, 2.24) is 9.55 Å². The number of carbonyl (C=O) groups is 1. The van der Waals surface area contributed by atoms with Crippen molar-refractivity contribution in [3.63, 3.8) is 0 Å². The molecule has 5 heteroatoms. The van der Waals surface area contributed by atoms with Crippen molar-refractivity contribution in [1.29, 1.82) is 0 Å². The summed E-state index contributed by atoms with van der Waals surface area (Å²) in [7, 11) is 0. The van der Waals surface area contributed by atoms with Crippen LogP contribution in [-0.4, -0.2) is 16.0 Å². The van der Waals surface area contributed by atoms with Crippen LogP contribution in [-0.2, 0) is 11.3 Å². The molecule has 1 aromatic heterocycles. The van der Waals surface area contributed by atoms with Crippen LogP contribution in [0.15, 0.2) is 59.7 Å². The molecule has 0 fully saturated rings.